The second-order valence-corrected chi connectivity index (χ2v) is 4.06. The molecule has 1 aliphatic rings. The van der Waals surface area contributed by atoms with Crippen LogP contribution < -0.4 is 9.64 Å². The van der Waals surface area contributed by atoms with Gasteiger partial charge >= 0.3 is 0 Å². The van der Waals surface area contributed by atoms with Crippen molar-refractivity contribution in [3.05, 3.63) is 23.8 Å². The third-order valence-corrected chi connectivity index (χ3v) is 3.22. The van der Waals surface area contributed by atoms with Gasteiger partial charge in [-0.3, -0.25) is 0 Å². The zero-order valence-electron chi connectivity index (χ0n) is 9.77. The molecule has 0 N–H and O–H groups in total. The predicted octanol–water partition coefficient (Wildman–Crippen LogP) is 2.21. The van der Waals surface area contributed by atoms with Crippen LogP contribution in [0.1, 0.15) is 24.8 Å². The van der Waals surface area contributed by atoms with Crippen molar-refractivity contribution < 1.29 is 9.53 Å². The first kappa shape index (κ1) is 11.0. The van der Waals surface area contributed by atoms with E-state index in [9.17, 15) is 4.79 Å². The molecular weight excluding hydrogens is 202 g/mol. The second kappa shape index (κ2) is 4.56. The first-order valence-electron chi connectivity index (χ1n) is 5.66. The van der Waals surface area contributed by atoms with Gasteiger partial charge in [0.1, 0.15) is 12.0 Å². The fourth-order valence-corrected chi connectivity index (χ4v) is 2.35. The van der Waals surface area contributed by atoms with Crippen LogP contribution >= 0.6 is 0 Å². The Morgan fingerprint density at radius 3 is 3.00 bits per heavy atom. The number of aldehydes is 1. The lowest BCUT2D eigenvalue weighted by Crippen LogP contribution is -2.21. The molecule has 0 saturated carbocycles. The van der Waals surface area contributed by atoms with Crippen LogP contribution in [0.15, 0.2) is 18.2 Å². The lowest BCUT2D eigenvalue weighted by molar-refractivity contribution is -0.108. The fourth-order valence-electron chi connectivity index (χ4n) is 2.35. The molecule has 0 saturated heterocycles. The van der Waals surface area contributed by atoms with Gasteiger partial charge in [0.2, 0.25) is 0 Å². The number of fused-ring (bicyclic) bond motifs is 1. The standard InChI is InChI=1S/C13H17NO2/c1-3-14-9-10(6-7-15)12-8-11(16-2)4-5-13(12)14/h4-5,7-8,10H,3,6,9H2,1-2H3. The van der Waals surface area contributed by atoms with Crippen LogP contribution in [0, 0.1) is 0 Å². The minimum Gasteiger partial charge on any atom is -0.497 e. The molecule has 0 aromatic heterocycles. The van der Waals surface area contributed by atoms with Gasteiger partial charge in [0, 0.05) is 31.1 Å². The quantitative estimate of drug-likeness (QED) is 0.727. The number of likely N-dealkylation sites (N-methyl/N-ethyl adjacent to an activating group) is 1. The highest BCUT2D eigenvalue weighted by atomic mass is 16.5. The van der Waals surface area contributed by atoms with Gasteiger partial charge in [0.15, 0.2) is 0 Å². The molecular formula is C13H17NO2. The minimum absolute atomic E-state index is 0.322. The van der Waals surface area contributed by atoms with Crippen molar-refractivity contribution in [3.63, 3.8) is 0 Å². The Morgan fingerprint density at radius 1 is 1.56 bits per heavy atom. The van der Waals surface area contributed by atoms with Crippen molar-refractivity contribution in [1.82, 2.24) is 0 Å². The second-order valence-electron chi connectivity index (χ2n) is 4.06. The maximum absolute atomic E-state index is 10.7. The lowest BCUT2D eigenvalue weighted by Gasteiger charge is -2.16. The molecule has 0 bridgehead atoms. The summed E-state index contributed by atoms with van der Waals surface area (Å²) in [5.74, 6) is 1.19. The molecule has 1 heterocycles. The highest BCUT2D eigenvalue weighted by Gasteiger charge is 2.27. The first-order valence-corrected chi connectivity index (χ1v) is 5.66. The summed E-state index contributed by atoms with van der Waals surface area (Å²) in [5, 5.41) is 0. The Hall–Kier alpha value is -1.51. The highest BCUT2D eigenvalue weighted by molar-refractivity contribution is 5.65. The van der Waals surface area contributed by atoms with Gasteiger partial charge in [-0.05, 0) is 30.7 Å². The molecule has 1 aliphatic heterocycles. The van der Waals surface area contributed by atoms with E-state index in [1.54, 1.807) is 7.11 Å². The molecule has 0 aliphatic carbocycles. The zero-order valence-corrected chi connectivity index (χ0v) is 9.77. The van der Waals surface area contributed by atoms with Crippen LogP contribution in [-0.2, 0) is 4.79 Å². The largest absolute Gasteiger partial charge is 0.497 e. The molecule has 0 fully saturated rings. The molecule has 0 radical (unpaired) electrons. The van der Waals surface area contributed by atoms with Crippen molar-refractivity contribution in [2.75, 3.05) is 25.1 Å². The van der Waals surface area contributed by atoms with Crippen LogP contribution in [0.25, 0.3) is 0 Å². The lowest BCUT2D eigenvalue weighted by atomic mass is 9.98. The number of hydrogen-bond acceptors (Lipinski definition) is 3. The van der Waals surface area contributed by atoms with Crippen LogP contribution in [0.4, 0.5) is 5.69 Å². The van der Waals surface area contributed by atoms with Crippen LogP contribution in [0.3, 0.4) is 0 Å². The molecule has 0 amide bonds. The summed E-state index contributed by atoms with van der Waals surface area (Å²) in [4.78, 5) is 13.0. The van der Waals surface area contributed by atoms with E-state index in [2.05, 4.69) is 24.0 Å². The van der Waals surface area contributed by atoms with E-state index in [0.29, 0.717) is 12.3 Å². The van der Waals surface area contributed by atoms with Gasteiger partial charge in [-0.1, -0.05) is 0 Å². The molecule has 1 aromatic carbocycles. The average Bonchev–Trinajstić information content (AvgIpc) is 2.67. The number of rotatable bonds is 4. The van der Waals surface area contributed by atoms with Gasteiger partial charge in [-0.15, -0.1) is 0 Å². The maximum Gasteiger partial charge on any atom is 0.120 e. The number of carbonyl (C=O) groups is 1. The Labute approximate surface area is 96.0 Å². The summed E-state index contributed by atoms with van der Waals surface area (Å²) < 4.78 is 5.23. The summed E-state index contributed by atoms with van der Waals surface area (Å²) in [6, 6.07) is 6.12. The van der Waals surface area contributed by atoms with Crippen molar-refractivity contribution >= 4 is 12.0 Å². The summed E-state index contributed by atoms with van der Waals surface area (Å²) >= 11 is 0. The number of nitrogens with zero attached hydrogens (tertiary/aromatic N) is 1. The number of hydrogen-bond donors (Lipinski definition) is 0. The third kappa shape index (κ3) is 1.77. The molecule has 1 aromatic rings. The molecule has 2 rings (SSSR count). The third-order valence-electron chi connectivity index (χ3n) is 3.22. The summed E-state index contributed by atoms with van der Waals surface area (Å²) in [7, 11) is 1.67. The van der Waals surface area contributed by atoms with E-state index in [0.717, 1.165) is 25.1 Å². The molecule has 16 heavy (non-hydrogen) atoms. The van der Waals surface area contributed by atoms with Crippen molar-refractivity contribution in [1.29, 1.82) is 0 Å². The topological polar surface area (TPSA) is 29.5 Å². The Balaban J connectivity index is 2.37. The fraction of sp³-hybridized carbons (Fsp3) is 0.462. The summed E-state index contributed by atoms with van der Waals surface area (Å²) in [6.07, 6.45) is 1.60. The van der Waals surface area contributed by atoms with Crippen molar-refractivity contribution in [2.24, 2.45) is 0 Å². The van der Waals surface area contributed by atoms with Gasteiger partial charge in [0.25, 0.3) is 0 Å². The van der Waals surface area contributed by atoms with Gasteiger partial charge in [-0.25, -0.2) is 0 Å². The van der Waals surface area contributed by atoms with Crippen LogP contribution in [0.2, 0.25) is 0 Å². The van der Waals surface area contributed by atoms with E-state index < -0.39 is 0 Å². The number of anilines is 1. The first-order chi connectivity index (χ1) is 7.80. The minimum atomic E-state index is 0.322. The molecule has 1 unspecified atom stereocenters. The predicted molar refractivity (Wildman–Crippen MR) is 64.3 cm³/mol. The smallest absolute Gasteiger partial charge is 0.120 e. The molecule has 3 heteroatoms. The van der Waals surface area contributed by atoms with Gasteiger partial charge < -0.3 is 14.4 Å². The average molecular weight is 219 g/mol. The van der Waals surface area contributed by atoms with Crippen LogP contribution in [0.5, 0.6) is 5.75 Å². The Morgan fingerprint density at radius 2 is 2.38 bits per heavy atom. The molecule has 1 atom stereocenters. The van der Waals surface area contributed by atoms with Gasteiger partial charge in [0.05, 0.1) is 7.11 Å². The monoisotopic (exact) mass is 219 g/mol. The highest BCUT2D eigenvalue weighted by Crippen LogP contribution is 2.39. The van der Waals surface area contributed by atoms with E-state index in [4.69, 9.17) is 4.74 Å². The van der Waals surface area contributed by atoms with E-state index in [1.807, 2.05) is 6.07 Å². The van der Waals surface area contributed by atoms with E-state index in [1.165, 1.54) is 11.3 Å². The van der Waals surface area contributed by atoms with E-state index in [-0.39, 0.29) is 0 Å². The Kier molecular flexibility index (Phi) is 3.13. The van der Waals surface area contributed by atoms with Crippen LogP contribution in [-0.4, -0.2) is 26.5 Å². The normalized spacial score (nSPS) is 18.4. The van der Waals surface area contributed by atoms with E-state index >= 15 is 0 Å². The van der Waals surface area contributed by atoms with Crippen molar-refractivity contribution in [3.8, 4) is 5.75 Å². The number of carbonyl (C=O) groups excluding carboxylic acids is 1. The Bertz CT molecular complexity index is 390. The van der Waals surface area contributed by atoms with Gasteiger partial charge in [-0.2, -0.15) is 0 Å². The van der Waals surface area contributed by atoms with Crippen molar-refractivity contribution in [2.45, 2.75) is 19.3 Å². The molecule has 0 spiro atoms. The molecule has 86 valence electrons. The summed E-state index contributed by atoms with van der Waals surface area (Å²) in [5.41, 5.74) is 2.49. The number of ether oxygens (including phenoxy) is 1. The number of methoxy groups -OCH3 is 1. The maximum atomic E-state index is 10.7. The number of benzene rings is 1. The molecule has 3 nitrogen and oxygen atoms in total. The summed E-state index contributed by atoms with van der Waals surface area (Å²) in [6.45, 7) is 4.06. The SMILES string of the molecule is CCN1CC(CC=O)c2cc(OC)ccc21. The zero-order chi connectivity index (χ0) is 11.5.